The highest BCUT2D eigenvalue weighted by Crippen LogP contribution is 2.19. The number of carbonyl (C=O) groups excluding carboxylic acids is 2. The Kier molecular flexibility index (Phi) is 4.57. The van der Waals surface area contributed by atoms with E-state index in [9.17, 15) is 14.7 Å². The summed E-state index contributed by atoms with van der Waals surface area (Å²) in [7, 11) is 0. The molecule has 134 valence electrons. The number of pyridine rings is 1. The summed E-state index contributed by atoms with van der Waals surface area (Å²) in [5.74, 6) is -1.28. The second kappa shape index (κ2) is 6.83. The van der Waals surface area contributed by atoms with Crippen LogP contribution in [-0.2, 0) is 0 Å². The van der Waals surface area contributed by atoms with E-state index in [0.717, 1.165) is 5.39 Å². The van der Waals surface area contributed by atoms with E-state index < -0.39 is 11.8 Å². The van der Waals surface area contributed by atoms with Crippen LogP contribution >= 0.6 is 0 Å². The molecule has 0 aliphatic heterocycles. The second-order valence-electron chi connectivity index (χ2n) is 6.14. The zero-order valence-electron chi connectivity index (χ0n) is 14.6. The number of aryl methyl sites for hydroxylation is 1. The number of aromatic nitrogens is 3. The summed E-state index contributed by atoms with van der Waals surface area (Å²) in [4.78, 5) is 28.9. The molecule has 3 rings (SSSR count). The van der Waals surface area contributed by atoms with Gasteiger partial charge in [-0.15, -0.1) is 0 Å². The Hall–Kier alpha value is -3.42. The molecule has 0 atom stereocenters. The fourth-order valence-corrected chi connectivity index (χ4v) is 2.59. The number of phenolic OH excluding ortho intramolecular Hbond substituents is 1. The number of nitrogens with zero attached hydrogens (tertiary/aromatic N) is 3. The van der Waals surface area contributed by atoms with Gasteiger partial charge in [-0.2, -0.15) is 5.10 Å². The zero-order chi connectivity index (χ0) is 18.8. The molecule has 2 aromatic heterocycles. The molecule has 2 heterocycles. The number of phenols is 1. The van der Waals surface area contributed by atoms with Crippen molar-refractivity contribution in [2.45, 2.75) is 26.8 Å². The first kappa shape index (κ1) is 17.4. The van der Waals surface area contributed by atoms with Gasteiger partial charge in [0.15, 0.2) is 5.65 Å². The molecular weight excluding hydrogens is 334 g/mol. The quantitative estimate of drug-likeness (QED) is 0.625. The lowest BCUT2D eigenvalue weighted by Crippen LogP contribution is -2.42. The van der Waals surface area contributed by atoms with Gasteiger partial charge in [-0.05, 0) is 39.0 Å². The molecule has 3 N–H and O–H groups in total. The Morgan fingerprint density at radius 3 is 2.42 bits per heavy atom. The van der Waals surface area contributed by atoms with Gasteiger partial charge in [-0.1, -0.05) is 12.1 Å². The van der Waals surface area contributed by atoms with E-state index in [1.54, 1.807) is 36.0 Å². The maximum atomic E-state index is 12.4. The molecule has 26 heavy (non-hydrogen) atoms. The van der Waals surface area contributed by atoms with E-state index in [1.807, 2.05) is 13.8 Å². The highest BCUT2D eigenvalue weighted by atomic mass is 16.3. The van der Waals surface area contributed by atoms with Crippen molar-refractivity contribution in [2.24, 2.45) is 0 Å². The van der Waals surface area contributed by atoms with Crippen LogP contribution in [0, 0.1) is 6.92 Å². The molecule has 0 unspecified atom stereocenters. The Balaban J connectivity index is 1.79. The molecule has 2 amide bonds. The van der Waals surface area contributed by atoms with Crippen LogP contribution in [0.5, 0.6) is 5.75 Å². The van der Waals surface area contributed by atoms with Gasteiger partial charge in [0.25, 0.3) is 11.8 Å². The number of para-hydroxylation sites is 1. The number of hydrazine groups is 1. The molecule has 0 radical (unpaired) electrons. The van der Waals surface area contributed by atoms with Crippen molar-refractivity contribution in [2.75, 3.05) is 0 Å². The van der Waals surface area contributed by atoms with Crippen LogP contribution in [0.3, 0.4) is 0 Å². The molecule has 1 aromatic carbocycles. The monoisotopic (exact) mass is 353 g/mol. The number of fused-ring (bicyclic) bond motifs is 1. The van der Waals surface area contributed by atoms with E-state index in [-0.39, 0.29) is 17.4 Å². The standard InChI is InChI=1S/C18H19N5O3/c1-10(2)23-16-12(9-19-23)8-14(11(3)20-16)18(26)22-21-17(25)13-6-4-5-7-15(13)24/h4-10,24H,1-3H3,(H,21,25)(H,22,26). The summed E-state index contributed by atoms with van der Waals surface area (Å²) < 4.78 is 1.78. The normalized spacial score (nSPS) is 10.9. The number of amides is 2. The van der Waals surface area contributed by atoms with Crippen LogP contribution in [0.15, 0.2) is 36.5 Å². The Morgan fingerprint density at radius 2 is 1.77 bits per heavy atom. The highest BCUT2D eigenvalue weighted by molar-refractivity contribution is 6.02. The average Bonchev–Trinajstić information content (AvgIpc) is 3.02. The van der Waals surface area contributed by atoms with Crippen LogP contribution in [-0.4, -0.2) is 31.7 Å². The van der Waals surface area contributed by atoms with Crippen LogP contribution in [0.4, 0.5) is 0 Å². The average molecular weight is 353 g/mol. The summed E-state index contributed by atoms with van der Waals surface area (Å²) in [6.07, 6.45) is 1.65. The lowest BCUT2D eigenvalue weighted by Gasteiger charge is -2.11. The number of nitrogens with one attached hydrogen (secondary N) is 2. The Bertz CT molecular complexity index is 994. The van der Waals surface area contributed by atoms with Crippen molar-refractivity contribution < 1.29 is 14.7 Å². The van der Waals surface area contributed by atoms with Gasteiger partial charge in [0.1, 0.15) is 5.75 Å². The van der Waals surface area contributed by atoms with Gasteiger partial charge < -0.3 is 5.11 Å². The topological polar surface area (TPSA) is 109 Å². The van der Waals surface area contributed by atoms with Gasteiger partial charge >= 0.3 is 0 Å². The smallest absolute Gasteiger partial charge is 0.273 e. The van der Waals surface area contributed by atoms with E-state index in [4.69, 9.17) is 0 Å². The first-order valence-corrected chi connectivity index (χ1v) is 8.12. The predicted molar refractivity (Wildman–Crippen MR) is 95.7 cm³/mol. The minimum absolute atomic E-state index is 0.0660. The van der Waals surface area contributed by atoms with E-state index in [0.29, 0.717) is 16.9 Å². The van der Waals surface area contributed by atoms with Crippen molar-refractivity contribution in [3.63, 3.8) is 0 Å². The third-order valence-electron chi connectivity index (χ3n) is 3.93. The molecule has 0 fully saturated rings. The van der Waals surface area contributed by atoms with Gasteiger partial charge in [-0.3, -0.25) is 20.4 Å². The van der Waals surface area contributed by atoms with Crippen molar-refractivity contribution in [1.29, 1.82) is 0 Å². The third kappa shape index (κ3) is 3.21. The number of carbonyl (C=O) groups is 2. The molecule has 8 nitrogen and oxygen atoms in total. The highest BCUT2D eigenvalue weighted by Gasteiger charge is 2.17. The molecule has 0 saturated carbocycles. The van der Waals surface area contributed by atoms with Gasteiger partial charge in [0, 0.05) is 11.4 Å². The second-order valence-corrected chi connectivity index (χ2v) is 6.14. The Morgan fingerprint density at radius 1 is 1.12 bits per heavy atom. The lowest BCUT2D eigenvalue weighted by atomic mass is 10.1. The fourth-order valence-electron chi connectivity index (χ4n) is 2.59. The minimum atomic E-state index is -0.615. The first-order valence-electron chi connectivity index (χ1n) is 8.12. The van der Waals surface area contributed by atoms with Gasteiger partial charge in [-0.25, -0.2) is 9.67 Å². The van der Waals surface area contributed by atoms with Crippen LogP contribution in [0.25, 0.3) is 11.0 Å². The number of hydrogen-bond donors (Lipinski definition) is 3. The maximum Gasteiger partial charge on any atom is 0.273 e. The number of rotatable bonds is 3. The summed E-state index contributed by atoms with van der Waals surface area (Å²) in [5, 5.41) is 14.7. The molecule has 0 bridgehead atoms. The Labute approximate surface area is 149 Å². The molecule has 0 saturated heterocycles. The third-order valence-corrected chi connectivity index (χ3v) is 3.93. The van der Waals surface area contributed by atoms with Crippen molar-refractivity contribution in [3.8, 4) is 5.75 Å². The van der Waals surface area contributed by atoms with Crippen molar-refractivity contribution >= 4 is 22.8 Å². The van der Waals surface area contributed by atoms with Crippen molar-refractivity contribution in [1.82, 2.24) is 25.6 Å². The zero-order valence-corrected chi connectivity index (χ0v) is 14.6. The predicted octanol–water partition coefficient (Wildman–Crippen LogP) is 2.10. The summed E-state index contributed by atoms with van der Waals surface area (Å²) in [5.41, 5.74) is 6.25. The molecule has 8 heteroatoms. The minimum Gasteiger partial charge on any atom is -0.507 e. The van der Waals surface area contributed by atoms with Crippen LogP contribution in [0.2, 0.25) is 0 Å². The number of benzene rings is 1. The SMILES string of the molecule is Cc1nc2c(cnn2C(C)C)cc1C(=O)NNC(=O)c1ccccc1O. The maximum absolute atomic E-state index is 12.4. The lowest BCUT2D eigenvalue weighted by molar-refractivity contribution is 0.0844. The van der Waals surface area contributed by atoms with E-state index in [2.05, 4.69) is 20.9 Å². The number of aromatic hydroxyl groups is 1. The molecule has 0 aliphatic carbocycles. The summed E-state index contributed by atoms with van der Waals surface area (Å²) >= 11 is 0. The first-order chi connectivity index (χ1) is 12.4. The largest absolute Gasteiger partial charge is 0.507 e. The van der Waals surface area contributed by atoms with E-state index >= 15 is 0 Å². The molecular formula is C18H19N5O3. The molecule has 0 spiro atoms. The molecule has 3 aromatic rings. The number of hydrogen-bond acceptors (Lipinski definition) is 5. The fraction of sp³-hybridized carbons (Fsp3) is 0.222. The van der Waals surface area contributed by atoms with Crippen molar-refractivity contribution in [3.05, 3.63) is 53.3 Å². The van der Waals surface area contributed by atoms with Gasteiger partial charge in [0.2, 0.25) is 0 Å². The van der Waals surface area contributed by atoms with E-state index in [1.165, 1.54) is 12.1 Å². The summed E-state index contributed by atoms with van der Waals surface area (Å²) in [6.45, 7) is 5.72. The molecule has 0 aliphatic rings. The van der Waals surface area contributed by atoms with Gasteiger partial charge in [0.05, 0.1) is 23.0 Å². The van der Waals surface area contributed by atoms with Crippen LogP contribution < -0.4 is 10.9 Å². The van der Waals surface area contributed by atoms with Crippen LogP contribution in [0.1, 0.15) is 46.3 Å². The summed E-state index contributed by atoms with van der Waals surface area (Å²) in [6, 6.07) is 7.90.